The van der Waals surface area contributed by atoms with E-state index in [1.54, 1.807) is 7.11 Å². The molecule has 2 N–H and O–H groups in total. The second-order valence-electron chi connectivity index (χ2n) is 7.08. The standard InChI is InChI=1S/C19H30N2O3/c1-13-10-16(12-21(13)17-5-6-17)20-14(2)15-4-7-18(24-9-8-22)19(11-15)23-3/h4,7,11,13-14,16-17,20,22H,5-6,8-10,12H2,1-3H3. The van der Waals surface area contributed by atoms with Crippen molar-refractivity contribution in [1.82, 2.24) is 10.2 Å². The minimum atomic E-state index is 0.000221. The molecule has 2 fully saturated rings. The van der Waals surface area contributed by atoms with Gasteiger partial charge in [0.15, 0.2) is 11.5 Å². The van der Waals surface area contributed by atoms with Crippen molar-refractivity contribution in [2.24, 2.45) is 0 Å². The van der Waals surface area contributed by atoms with Crippen LogP contribution in [0.2, 0.25) is 0 Å². The van der Waals surface area contributed by atoms with Gasteiger partial charge >= 0.3 is 0 Å². The van der Waals surface area contributed by atoms with E-state index in [9.17, 15) is 0 Å². The van der Waals surface area contributed by atoms with E-state index in [1.165, 1.54) is 24.8 Å². The first-order valence-electron chi connectivity index (χ1n) is 9.05. The van der Waals surface area contributed by atoms with E-state index in [0.29, 0.717) is 23.6 Å². The van der Waals surface area contributed by atoms with Crippen molar-refractivity contribution in [3.8, 4) is 11.5 Å². The van der Waals surface area contributed by atoms with Crippen molar-refractivity contribution < 1.29 is 14.6 Å². The molecule has 0 radical (unpaired) electrons. The number of aliphatic hydroxyl groups excluding tert-OH is 1. The van der Waals surface area contributed by atoms with Gasteiger partial charge in [0, 0.05) is 30.7 Å². The molecule has 1 aliphatic carbocycles. The molecule has 3 rings (SSSR count). The van der Waals surface area contributed by atoms with E-state index in [2.05, 4.69) is 30.1 Å². The summed E-state index contributed by atoms with van der Waals surface area (Å²) in [6.45, 7) is 5.99. The summed E-state index contributed by atoms with van der Waals surface area (Å²) in [4.78, 5) is 2.66. The maximum absolute atomic E-state index is 8.90. The highest BCUT2D eigenvalue weighted by Gasteiger charge is 2.38. The largest absolute Gasteiger partial charge is 0.493 e. The Bertz CT molecular complexity index is 547. The lowest BCUT2D eigenvalue weighted by Gasteiger charge is -2.22. The van der Waals surface area contributed by atoms with Crippen LogP contribution < -0.4 is 14.8 Å². The van der Waals surface area contributed by atoms with E-state index in [-0.39, 0.29) is 19.3 Å². The van der Waals surface area contributed by atoms with Crippen molar-refractivity contribution in [3.05, 3.63) is 23.8 Å². The molecule has 24 heavy (non-hydrogen) atoms. The molecule has 5 nitrogen and oxygen atoms in total. The van der Waals surface area contributed by atoms with Crippen LogP contribution in [0.25, 0.3) is 0 Å². The van der Waals surface area contributed by atoms with Crippen molar-refractivity contribution in [1.29, 1.82) is 0 Å². The maximum atomic E-state index is 8.90. The SMILES string of the molecule is COc1cc(C(C)NC2CC(C)N(C3CC3)C2)ccc1OCCO. The van der Waals surface area contributed by atoms with Gasteiger partial charge in [-0.15, -0.1) is 0 Å². The Morgan fingerprint density at radius 1 is 1.33 bits per heavy atom. The number of hydrogen-bond acceptors (Lipinski definition) is 5. The molecule has 0 bridgehead atoms. The molecule has 134 valence electrons. The monoisotopic (exact) mass is 334 g/mol. The number of benzene rings is 1. The normalized spacial score (nSPS) is 25.7. The summed E-state index contributed by atoms with van der Waals surface area (Å²) in [6.07, 6.45) is 3.97. The zero-order chi connectivity index (χ0) is 17.1. The van der Waals surface area contributed by atoms with Gasteiger partial charge in [0.2, 0.25) is 0 Å². The molecule has 1 aromatic rings. The number of likely N-dealkylation sites (tertiary alicyclic amines) is 1. The van der Waals surface area contributed by atoms with Crippen LogP contribution in [0.3, 0.4) is 0 Å². The minimum absolute atomic E-state index is 0.000221. The van der Waals surface area contributed by atoms with E-state index < -0.39 is 0 Å². The molecule has 1 saturated carbocycles. The zero-order valence-electron chi connectivity index (χ0n) is 15.0. The highest BCUT2D eigenvalue weighted by atomic mass is 16.5. The molecule has 1 aliphatic heterocycles. The van der Waals surface area contributed by atoms with E-state index >= 15 is 0 Å². The Hall–Kier alpha value is -1.30. The zero-order valence-corrected chi connectivity index (χ0v) is 15.0. The molecular weight excluding hydrogens is 304 g/mol. The third-order valence-corrected chi connectivity index (χ3v) is 5.16. The molecule has 1 heterocycles. The Balaban J connectivity index is 1.61. The lowest BCUT2D eigenvalue weighted by molar-refractivity contribution is 0.196. The Morgan fingerprint density at radius 3 is 2.79 bits per heavy atom. The van der Waals surface area contributed by atoms with Gasteiger partial charge in [-0.25, -0.2) is 0 Å². The Kier molecular flexibility index (Phi) is 5.64. The second-order valence-corrected chi connectivity index (χ2v) is 7.08. The van der Waals surface area contributed by atoms with Crippen LogP contribution in [0, 0.1) is 0 Å². The molecule has 3 unspecified atom stereocenters. The van der Waals surface area contributed by atoms with E-state index in [4.69, 9.17) is 14.6 Å². The Morgan fingerprint density at radius 2 is 2.12 bits per heavy atom. The molecule has 2 aliphatic rings. The van der Waals surface area contributed by atoms with Gasteiger partial charge in [-0.05, 0) is 50.8 Å². The van der Waals surface area contributed by atoms with Crippen LogP contribution in [0.4, 0.5) is 0 Å². The average Bonchev–Trinajstić information content (AvgIpc) is 3.36. The fraction of sp³-hybridized carbons (Fsp3) is 0.684. The summed E-state index contributed by atoms with van der Waals surface area (Å²) in [6, 6.07) is 8.37. The summed E-state index contributed by atoms with van der Waals surface area (Å²) in [5, 5.41) is 12.7. The Labute approximate surface area is 144 Å². The quantitative estimate of drug-likeness (QED) is 0.764. The van der Waals surface area contributed by atoms with Crippen LogP contribution in [-0.2, 0) is 0 Å². The molecule has 5 heteroatoms. The molecular formula is C19H30N2O3. The van der Waals surface area contributed by atoms with Crippen LogP contribution in [0.1, 0.15) is 44.7 Å². The number of nitrogens with one attached hydrogen (secondary N) is 1. The van der Waals surface area contributed by atoms with E-state index in [0.717, 1.165) is 12.6 Å². The summed E-state index contributed by atoms with van der Waals surface area (Å²) in [5.41, 5.74) is 1.20. The van der Waals surface area contributed by atoms with Gasteiger partial charge in [0.25, 0.3) is 0 Å². The minimum Gasteiger partial charge on any atom is -0.493 e. The summed E-state index contributed by atoms with van der Waals surface area (Å²) in [5.74, 6) is 1.39. The highest BCUT2D eigenvalue weighted by molar-refractivity contribution is 5.43. The van der Waals surface area contributed by atoms with Crippen molar-refractivity contribution in [3.63, 3.8) is 0 Å². The summed E-state index contributed by atoms with van der Waals surface area (Å²) < 4.78 is 10.9. The predicted octanol–water partition coefficient (Wildman–Crippen LogP) is 2.34. The fourth-order valence-corrected chi connectivity index (χ4v) is 3.77. The molecule has 1 saturated heterocycles. The van der Waals surface area contributed by atoms with Gasteiger partial charge in [0.1, 0.15) is 6.61 Å². The third-order valence-electron chi connectivity index (χ3n) is 5.16. The van der Waals surface area contributed by atoms with Crippen molar-refractivity contribution >= 4 is 0 Å². The second kappa shape index (κ2) is 7.72. The molecule has 0 aromatic heterocycles. The number of aliphatic hydroxyl groups is 1. The maximum Gasteiger partial charge on any atom is 0.161 e. The van der Waals surface area contributed by atoms with Crippen LogP contribution in [0.15, 0.2) is 18.2 Å². The lowest BCUT2D eigenvalue weighted by atomic mass is 10.1. The first-order valence-corrected chi connectivity index (χ1v) is 9.05. The molecule has 1 aromatic carbocycles. The molecule has 0 spiro atoms. The number of ether oxygens (including phenoxy) is 2. The smallest absolute Gasteiger partial charge is 0.161 e. The fourth-order valence-electron chi connectivity index (χ4n) is 3.77. The van der Waals surface area contributed by atoms with Gasteiger partial charge in [-0.3, -0.25) is 4.90 Å². The van der Waals surface area contributed by atoms with Crippen LogP contribution >= 0.6 is 0 Å². The number of hydrogen-bond donors (Lipinski definition) is 2. The van der Waals surface area contributed by atoms with Gasteiger partial charge in [-0.2, -0.15) is 0 Å². The van der Waals surface area contributed by atoms with Crippen LogP contribution in [0.5, 0.6) is 11.5 Å². The highest BCUT2D eigenvalue weighted by Crippen LogP contribution is 2.34. The average molecular weight is 334 g/mol. The summed E-state index contributed by atoms with van der Waals surface area (Å²) >= 11 is 0. The van der Waals surface area contributed by atoms with Gasteiger partial charge in [0.05, 0.1) is 13.7 Å². The molecule has 3 atom stereocenters. The number of methoxy groups -OCH3 is 1. The van der Waals surface area contributed by atoms with Crippen LogP contribution in [-0.4, -0.2) is 55.0 Å². The number of rotatable bonds is 8. The third kappa shape index (κ3) is 4.02. The van der Waals surface area contributed by atoms with E-state index in [1.807, 2.05) is 12.1 Å². The van der Waals surface area contributed by atoms with Gasteiger partial charge < -0.3 is 19.9 Å². The first kappa shape index (κ1) is 17.5. The topological polar surface area (TPSA) is 54.0 Å². The summed E-state index contributed by atoms with van der Waals surface area (Å²) in [7, 11) is 1.65. The lowest BCUT2D eigenvalue weighted by Crippen LogP contribution is -2.35. The predicted molar refractivity (Wildman–Crippen MR) is 94.7 cm³/mol. The first-order chi connectivity index (χ1) is 11.6. The van der Waals surface area contributed by atoms with Crippen molar-refractivity contribution in [2.75, 3.05) is 26.9 Å². The van der Waals surface area contributed by atoms with Gasteiger partial charge in [-0.1, -0.05) is 6.07 Å². The molecule has 0 amide bonds. The van der Waals surface area contributed by atoms with Crippen molar-refractivity contribution in [2.45, 2.75) is 57.3 Å². The number of nitrogens with zero attached hydrogens (tertiary/aromatic N) is 1.